The highest BCUT2D eigenvalue weighted by Crippen LogP contribution is 2.21. The molecule has 5 nitrogen and oxygen atoms in total. The second-order valence-corrected chi connectivity index (χ2v) is 7.09. The number of nitrogens with two attached hydrogens (primary N) is 1. The summed E-state index contributed by atoms with van der Waals surface area (Å²) in [5.41, 5.74) is 6.03. The summed E-state index contributed by atoms with van der Waals surface area (Å²) in [4.78, 5) is 17.3. The van der Waals surface area contributed by atoms with Crippen molar-refractivity contribution in [1.29, 1.82) is 0 Å². The van der Waals surface area contributed by atoms with Gasteiger partial charge in [-0.05, 0) is 32.6 Å². The molecule has 138 valence electrons. The lowest BCUT2D eigenvalue weighted by Gasteiger charge is -2.43. The molecule has 0 aromatic rings. The van der Waals surface area contributed by atoms with Crippen molar-refractivity contribution in [2.75, 3.05) is 26.2 Å². The number of nitrogens with zero attached hydrogens (tertiary/aromatic N) is 2. The van der Waals surface area contributed by atoms with Crippen LogP contribution in [0.25, 0.3) is 0 Å². The Bertz CT molecular complexity index is 361. The Balaban J connectivity index is 0.00000242. The van der Waals surface area contributed by atoms with Crippen LogP contribution in [-0.2, 0) is 9.53 Å². The van der Waals surface area contributed by atoms with Crippen molar-refractivity contribution in [3.8, 4) is 0 Å². The van der Waals surface area contributed by atoms with E-state index < -0.39 is 0 Å². The molecule has 0 aliphatic carbocycles. The Morgan fingerprint density at radius 2 is 1.70 bits per heavy atom. The van der Waals surface area contributed by atoms with Crippen LogP contribution in [0.5, 0.6) is 0 Å². The molecule has 0 aromatic carbocycles. The minimum atomic E-state index is -0.0518. The third-order valence-electron chi connectivity index (χ3n) is 4.50. The summed E-state index contributed by atoms with van der Waals surface area (Å²) in [6.07, 6.45) is 2.42. The molecule has 0 saturated carbocycles. The molecule has 0 spiro atoms. The Labute approximate surface area is 153 Å². The maximum Gasteiger partial charge on any atom is 0.240 e. The maximum atomic E-state index is 13.0. The zero-order valence-corrected chi connectivity index (χ0v) is 16.4. The fraction of sp³-hybridized carbons (Fsp3) is 0.938. The zero-order chi connectivity index (χ0) is 15.6. The predicted molar refractivity (Wildman–Crippen MR) is 98.5 cm³/mol. The summed E-state index contributed by atoms with van der Waals surface area (Å²) < 4.78 is 5.80. The van der Waals surface area contributed by atoms with E-state index in [0.29, 0.717) is 12.5 Å². The molecule has 7 heteroatoms. The Hall–Kier alpha value is -0.0700. The maximum absolute atomic E-state index is 13.0. The zero-order valence-electron chi connectivity index (χ0n) is 14.7. The molecule has 0 radical (unpaired) electrons. The molecule has 2 saturated heterocycles. The SMILES string of the molecule is CC1CN(C(C(=O)N2CCCC(N)C2)C(C)C)CC(C)O1.Cl.Cl. The van der Waals surface area contributed by atoms with Crippen LogP contribution in [-0.4, -0.2) is 66.2 Å². The van der Waals surface area contributed by atoms with Crippen LogP contribution in [0.1, 0.15) is 40.5 Å². The fourth-order valence-corrected chi connectivity index (χ4v) is 3.70. The van der Waals surface area contributed by atoms with Crippen LogP contribution in [0.2, 0.25) is 0 Å². The number of rotatable bonds is 3. The molecule has 2 heterocycles. The average Bonchev–Trinajstić information content (AvgIpc) is 2.37. The van der Waals surface area contributed by atoms with Crippen LogP contribution in [0.3, 0.4) is 0 Å². The van der Waals surface area contributed by atoms with Crippen molar-refractivity contribution in [2.45, 2.75) is 64.8 Å². The van der Waals surface area contributed by atoms with Crippen LogP contribution >= 0.6 is 24.8 Å². The summed E-state index contributed by atoms with van der Waals surface area (Å²) in [6.45, 7) is 11.7. The van der Waals surface area contributed by atoms with Crippen molar-refractivity contribution in [1.82, 2.24) is 9.80 Å². The predicted octanol–water partition coefficient (Wildman–Crippen LogP) is 1.91. The smallest absolute Gasteiger partial charge is 0.240 e. The molecule has 2 N–H and O–H groups in total. The van der Waals surface area contributed by atoms with Gasteiger partial charge in [-0.2, -0.15) is 0 Å². The molecule has 1 amide bonds. The van der Waals surface area contributed by atoms with Gasteiger partial charge in [0.05, 0.1) is 18.2 Å². The number of piperidine rings is 1. The number of ether oxygens (including phenoxy) is 1. The quantitative estimate of drug-likeness (QED) is 0.825. The summed E-state index contributed by atoms with van der Waals surface area (Å²) in [5, 5.41) is 0. The van der Waals surface area contributed by atoms with E-state index in [-0.39, 0.29) is 55.0 Å². The first-order valence-corrected chi connectivity index (χ1v) is 8.32. The lowest BCUT2D eigenvalue weighted by Crippen LogP contribution is -2.59. The Morgan fingerprint density at radius 1 is 1.13 bits per heavy atom. The molecule has 23 heavy (non-hydrogen) atoms. The molecule has 4 unspecified atom stereocenters. The number of amides is 1. The standard InChI is InChI=1S/C16H31N3O2.2ClH/c1-11(2)15(19-8-12(3)21-13(4)9-19)16(20)18-7-5-6-14(17)10-18;;/h11-15H,5-10,17H2,1-4H3;2*1H. The molecule has 2 aliphatic rings. The van der Waals surface area contributed by atoms with Crippen LogP contribution in [0.4, 0.5) is 0 Å². The van der Waals surface area contributed by atoms with Gasteiger partial charge >= 0.3 is 0 Å². The van der Waals surface area contributed by atoms with Gasteiger partial charge in [0.25, 0.3) is 0 Å². The Morgan fingerprint density at radius 3 is 2.17 bits per heavy atom. The molecule has 2 aliphatic heterocycles. The molecule has 0 aromatic heterocycles. The summed E-state index contributed by atoms with van der Waals surface area (Å²) in [7, 11) is 0. The third kappa shape index (κ3) is 6.05. The van der Waals surface area contributed by atoms with Gasteiger partial charge in [-0.1, -0.05) is 13.8 Å². The van der Waals surface area contributed by atoms with Crippen molar-refractivity contribution in [2.24, 2.45) is 11.7 Å². The largest absolute Gasteiger partial charge is 0.373 e. The number of carbonyl (C=O) groups excluding carboxylic acids is 1. The van der Waals surface area contributed by atoms with E-state index in [0.717, 1.165) is 32.5 Å². The second-order valence-electron chi connectivity index (χ2n) is 7.09. The number of hydrogen-bond acceptors (Lipinski definition) is 4. The average molecular weight is 370 g/mol. The number of likely N-dealkylation sites (tertiary alicyclic amines) is 1. The van der Waals surface area contributed by atoms with E-state index in [9.17, 15) is 4.79 Å². The van der Waals surface area contributed by atoms with Gasteiger partial charge in [0.2, 0.25) is 5.91 Å². The van der Waals surface area contributed by atoms with Gasteiger partial charge in [-0.3, -0.25) is 9.69 Å². The normalized spacial score (nSPS) is 30.3. The summed E-state index contributed by atoms with van der Waals surface area (Å²) in [5.74, 6) is 0.551. The molecule has 0 bridgehead atoms. The Kier molecular flexibility index (Phi) is 10.0. The van der Waals surface area contributed by atoms with Crippen LogP contribution in [0.15, 0.2) is 0 Å². The van der Waals surface area contributed by atoms with Gasteiger partial charge < -0.3 is 15.4 Å². The first-order valence-electron chi connectivity index (χ1n) is 8.32. The number of morpholine rings is 1. The van der Waals surface area contributed by atoms with E-state index in [4.69, 9.17) is 10.5 Å². The number of carbonyl (C=O) groups is 1. The van der Waals surface area contributed by atoms with E-state index in [1.54, 1.807) is 0 Å². The topological polar surface area (TPSA) is 58.8 Å². The van der Waals surface area contributed by atoms with Crippen LogP contribution < -0.4 is 5.73 Å². The third-order valence-corrected chi connectivity index (χ3v) is 4.50. The second kappa shape index (κ2) is 10.0. The monoisotopic (exact) mass is 369 g/mol. The molecular formula is C16H33Cl2N3O2. The minimum absolute atomic E-state index is 0. The van der Waals surface area contributed by atoms with Gasteiger partial charge in [0, 0.05) is 32.2 Å². The van der Waals surface area contributed by atoms with Crippen molar-refractivity contribution in [3.63, 3.8) is 0 Å². The van der Waals surface area contributed by atoms with Crippen molar-refractivity contribution < 1.29 is 9.53 Å². The van der Waals surface area contributed by atoms with Crippen molar-refractivity contribution in [3.05, 3.63) is 0 Å². The van der Waals surface area contributed by atoms with Gasteiger partial charge in [-0.15, -0.1) is 24.8 Å². The summed E-state index contributed by atoms with van der Waals surface area (Å²) >= 11 is 0. The van der Waals surface area contributed by atoms with Crippen molar-refractivity contribution >= 4 is 30.7 Å². The first-order chi connectivity index (χ1) is 9.88. The molecule has 2 fully saturated rings. The van der Waals surface area contributed by atoms with E-state index in [1.165, 1.54) is 0 Å². The van der Waals surface area contributed by atoms with E-state index >= 15 is 0 Å². The molecule has 2 rings (SSSR count). The minimum Gasteiger partial charge on any atom is -0.373 e. The van der Waals surface area contributed by atoms with E-state index in [1.807, 2.05) is 4.90 Å². The lowest BCUT2D eigenvalue weighted by atomic mass is 9.97. The molecule has 4 atom stereocenters. The lowest BCUT2D eigenvalue weighted by molar-refractivity contribution is -0.146. The summed E-state index contributed by atoms with van der Waals surface area (Å²) in [6, 6.07) is 0.0853. The number of hydrogen-bond donors (Lipinski definition) is 1. The van der Waals surface area contributed by atoms with Gasteiger partial charge in [0.15, 0.2) is 0 Å². The number of halogens is 2. The highest BCUT2D eigenvalue weighted by Gasteiger charge is 2.37. The molecular weight excluding hydrogens is 337 g/mol. The first kappa shape index (κ1) is 22.9. The van der Waals surface area contributed by atoms with Crippen LogP contribution in [0, 0.1) is 5.92 Å². The highest BCUT2D eigenvalue weighted by atomic mass is 35.5. The fourth-order valence-electron chi connectivity index (χ4n) is 3.70. The van der Waals surface area contributed by atoms with Gasteiger partial charge in [0.1, 0.15) is 0 Å². The highest BCUT2D eigenvalue weighted by molar-refractivity contribution is 5.85. The van der Waals surface area contributed by atoms with E-state index in [2.05, 4.69) is 32.6 Å². The van der Waals surface area contributed by atoms with Gasteiger partial charge in [-0.25, -0.2) is 0 Å².